The molecule has 2 aromatic rings. The molecule has 9 nitrogen and oxygen atoms in total. The SMILES string of the molecule is C[C@H]1[C@@H](C(=O)Nc2cc(F)c(F)c(F)c2)CCN1C(=O)C(=O)N[C@]1(c2c[nH]nn2)C[C@@H](C(F)F)C1. The highest BCUT2D eigenvalue weighted by molar-refractivity contribution is 6.35. The van der Waals surface area contributed by atoms with Gasteiger partial charge in [-0.25, -0.2) is 22.0 Å². The van der Waals surface area contributed by atoms with Crippen LogP contribution in [-0.4, -0.2) is 57.0 Å². The highest BCUT2D eigenvalue weighted by Crippen LogP contribution is 2.47. The Morgan fingerprint density at radius 2 is 1.83 bits per heavy atom. The van der Waals surface area contributed by atoms with Crippen molar-refractivity contribution in [3.63, 3.8) is 0 Å². The minimum Gasteiger partial charge on any atom is -0.337 e. The molecule has 1 saturated heterocycles. The van der Waals surface area contributed by atoms with Crippen LogP contribution in [0.3, 0.4) is 0 Å². The lowest BCUT2D eigenvalue weighted by atomic mass is 9.66. The number of amides is 3. The van der Waals surface area contributed by atoms with E-state index in [0.717, 1.165) is 4.90 Å². The number of anilines is 1. The number of carbonyl (C=O) groups excluding carboxylic acids is 3. The Hall–Kier alpha value is -3.58. The summed E-state index contributed by atoms with van der Waals surface area (Å²) < 4.78 is 66.1. The molecule has 1 aromatic carbocycles. The molecule has 35 heavy (non-hydrogen) atoms. The molecule has 1 aliphatic carbocycles. The van der Waals surface area contributed by atoms with E-state index in [1.807, 2.05) is 0 Å². The maximum Gasteiger partial charge on any atom is 0.312 e. The lowest BCUT2D eigenvalue weighted by Gasteiger charge is -2.46. The lowest BCUT2D eigenvalue weighted by Crippen LogP contribution is -2.59. The van der Waals surface area contributed by atoms with E-state index >= 15 is 0 Å². The second-order valence-corrected chi connectivity index (χ2v) is 8.78. The number of aromatic nitrogens is 3. The first-order valence-corrected chi connectivity index (χ1v) is 10.8. The van der Waals surface area contributed by atoms with Crippen LogP contribution in [0.5, 0.6) is 0 Å². The highest BCUT2D eigenvalue weighted by atomic mass is 19.3. The summed E-state index contributed by atoms with van der Waals surface area (Å²) in [6, 6.07) is 0.489. The van der Waals surface area contributed by atoms with Crippen LogP contribution in [-0.2, 0) is 19.9 Å². The molecule has 188 valence electrons. The number of H-pyrrole nitrogens is 1. The normalized spacial score (nSPS) is 25.9. The van der Waals surface area contributed by atoms with Crippen molar-refractivity contribution >= 4 is 23.4 Å². The van der Waals surface area contributed by atoms with Crippen LogP contribution in [0.1, 0.15) is 31.9 Å². The van der Waals surface area contributed by atoms with Crippen molar-refractivity contribution < 1.29 is 36.3 Å². The van der Waals surface area contributed by atoms with Crippen LogP contribution in [0.4, 0.5) is 27.6 Å². The summed E-state index contributed by atoms with van der Waals surface area (Å²) in [6.07, 6.45) is -1.33. The van der Waals surface area contributed by atoms with Gasteiger partial charge in [0.2, 0.25) is 12.3 Å². The van der Waals surface area contributed by atoms with E-state index < -0.39 is 65.0 Å². The quantitative estimate of drug-likeness (QED) is 0.330. The molecule has 0 spiro atoms. The van der Waals surface area contributed by atoms with Crippen LogP contribution < -0.4 is 10.6 Å². The van der Waals surface area contributed by atoms with E-state index in [1.165, 1.54) is 13.1 Å². The molecule has 3 N–H and O–H groups in total. The van der Waals surface area contributed by atoms with Crippen molar-refractivity contribution in [2.24, 2.45) is 11.8 Å². The number of aromatic amines is 1. The first-order chi connectivity index (χ1) is 16.5. The Kier molecular flexibility index (Phi) is 6.47. The monoisotopic (exact) mass is 500 g/mol. The average Bonchev–Trinajstić information content (AvgIpc) is 3.43. The topological polar surface area (TPSA) is 120 Å². The number of nitrogens with zero attached hydrogens (tertiary/aromatic N) is 3. The molecule has 1 saturated carbocycles. The van der Waals surface area contributed by atoms with Gasteiger partial charge in [-0.3, -0.25) is 19.5 Å². The third-order valence-electron chi connectivity index (χ3n) is 6.64. The Morgan fingerprint density at radius 3 is 2.40 bits per heavy atom. The van der Waals surface area contributed by atoms with Crippen molar-refractivity contribution in [2.75, 3.05) is 11.9 Å². The first kappa shape index (κ1) is 24.5. The van der Waals surface area contributed by atoms with Gasteiger partial charge in [-0.15, -0.1) is 5.10 Å². The number of hydrogen-bond donors (Lipinski definition) is 3. The van der Waals surface area contributed by atoms with Crippen LogP contribution in [0, 0.1) is 29.3 Å². The molecule has 14 heteroatoms. The van der Waals surface area contributed by atoms with E-state index in [2.05, 4.69) is 26.0 Å². The molecule has 0 bridgehead atoms. The zero-order chi connectivity index (χ0) is 25.5. The first-order valence-electron chi connectivity index (χ1n) is 10.8. The van der Waals surface area contributed by atoms with E-state index in [1.54, 1.807) is 0 Å². The van der Waals surface area contributed by atoms with Gasteiger partial charge in [0, 0.05) is 42.5 Å². The van der Waals surface area contributed by atoms with Gasteiger partial charge in [-0.05, 0) is 26.2 Å². The van der Waals surface area contributed by atoms with Gasteiger partial charge in [-0.1, -0.05) is 5.21 Å². The summed E-state index contributed by atoms with van der Waals surface area (Å²) in [7, 11) is 0. The number of carbonyl (C=O) groups is 3. The Balaban J connectivity index is 1.41. The number of rotatable bonds is 5. The maximum absolute atomic E-state index is 13.4. The summed E-state index contributed by atoms with van der Waals surface area (Å²) in [6.45, 7) is 1.56. The van der Waals surface area contributed by atoms with Crippen molar-refractivity contribution in [2.45, 2.75) is 44.2 Å². The summed E-state index contributed by atoms with van der Waals surface area (Å²) in [5.41, 5.74) is -1.34. The molecule has 2 fully saturated rings. The minimum atomic E-state index is -2.59. The maximum atomic E-state index is 13.4. The summed E-state index contributed by atoms with van der Waals surface area (Å²) in [4.78, 5) is 39.4. The van der Waals surface area contributed by atoms with E-state index in [0.29, 0.717) is 12.1 Å². The fraction of sp³-hybridized carbons (Fsp3) is 0.476. The van der Waals surface area contributed by atoms with Gasteiger partial charge < -0.3 is 15.5 Å². The number of alkyl halides is 2. The third-order valence-corrected chi connectivity index (χ3v) is 6.64. The van der Waals surface area contributed by atoms with Gasteiger partial charge in [0.05, 0.1) is 11.5 Å². The zero-order valence-corrected chi connectivity index (χ0v) is 18.3. The summed E-state index contributed by atoms with van der Waals surface area (Å²) in [5, 5.41) is 14.6. The fourth-order valence-corrected chi connectivity index (χ4v) is 4.67. The largest absolute Gasteiger partial charge is 0.337 e. The molecule has 4 rings (SSSR count). The molecule has 2 aliphatic rings. The van der Waals surface area contributed by atoms with E-state index in [9.17, 15) is 36.3 Å². The molecule has 0 radical (unpaired) electrons. The Labute approximate surface area is 195 Å². The van der Waals surface area contributed by atoms with Crippen LogP contribution in [0.2, 0.25) is 0 Å². The van der Waals surface area contributed by atoms with Gasteiger partial charge in [0.1, 0.15) is 5.69 Å². The van der Waals surface area contributed by atoms with Gasteiger partial charge in [0.25, 0.3) is 0 Å². The Morgan fingerprint density at radius 1 is 1.17 bits per heavy atom. The highest BCUT2D eigenvalue weighted by Gasteiger charge is 2.53. The second-order valence-electron chi connectivity index (χ2n) is 8.78. The van der Waals surface area contributed by atoms with Crippen molar-refractivity contribution in [1.82, 2.24) is 25.6 Å². The van der Waals surface area contributed by atoms with Gasteiger partial charge in [0.15, 0.2) is 17.5 Å². The number of halogens is 5. The molecule has 1 aliphatic heterocycles. The molecular formula is C21H21F5N6O3. The molecule has 2 heterocycles. The number of likely N-dealkylation sites (tertiary alicyclic amines) is 1. The smallest absolute Gasteiger partial charge is 0.312 e. The lowest BCUT2D eigenvalue weighted by molar-refractivity contribution is -0.149. The molecular weight excluding hydrogens is 479 g/mol. The van der Waals surface area contributed by atoms with E-state index in [4.69, 9.17) is 0 Å². The van der Waals surface area contributed by atoms with Crippen LogP contribution in [0.15, 0.2) is 18.3 Å². The molecule has 1 aromatic heterocycles. The standard InChI is InChI=1S/C21H21F5N6O3/c1-9-12(18(33)28-11-4-13(22)16(24)14(23)5-11)2-3-32(9)20(35)19(34)29-21(15-8-27-31-30-15)6-10(7-21)17(25)26/h4-5,8-10,12,17H,2-3,6-7H2,1H3,(H,28,33)(H,29,34)(H,27,30,31)/t9-,10-,12-,21-/m0/s1. The fourth-order valence-electron chi connectivity index (χ4n) is 4.67. The molecule has 0 unspecified atom stereocenters. The number of nitrogens with one attached hydrogen (secondary N) is 3. The van der Waals surface area contributed by atoms with Gasteiger partial charge >= 0.3 is 11.8 Å². The van der Waals surface area contributed by atoms with E-state index in [-0.39, 0.29) is 37.2 Å². The summed E-state index contributed by atoms with van der Waals surface area (Å²) in [5.74, 6) is -9.09. The zero-order valence-electron chi connectivity index (χ0n) is 18.3. The van der Waals surface area contributed by atoms with Crippen molar-refractivity contribution in [3.05, 3.63) is 41.5 Å². The predicted molar refractivity (Wildman–Crippen MR) is 109 cm³/mol. The Bertz CT molecular complexity index is 1120. The molecule has 2 atom stereocenters. The third kappa shape index (κ3) is 4.56. The van der Waals surface area contributed by atoms with Crippen LogP contribution in [0.25, 0.3) is 0 Å². The van der Waals surface area contributed by atoms with Crippen molar-refractivity contribution in [3.8, 4) is 0 Å². The van der Waals surface area contributed by atoms with Crippen molar-refractivity contribution in [1.29, 1.82) is 0 Å². The number of hydrogen-bond acceptors (Lipinski definition) is 5. The van der Waals surface area contributed by atoms with Gasteiger partial charge in [-0.2, -0.15) is 0 Å². The predicted octanol–water partition coefficient (Wildman–Crippen LogP) is 2.08. The summed E-state index contributed by atoms with van der Waals surface area (Å²) >= 11 is 0. The average molecular weight is 500 g/mol. The minimum absolute atomic E-state index is 0.0360. The molecule has 3 amide bonds. The van der Waals surface area contributed by atoms with Crippen LogP contribution >= 0.6 is 0 Å². The second kappa shape index (κ2) is 9.23. The number of benzene rings is 1.